The zero-order valence-electron chi connectivity index (χ0n) is 12.2. The highest BCUT2D eigenvalue weighted by Gasteiger charge is 2.13. The molecule has 2 heterocycles. The molecular weight excluding hydrogens is 412 g/mol. The van der Waals surface area contributed by atoms with Gasteiger partial charge in [-0.3, -0.25) is 0 Å². The summed E-state index contributed by atoms with van der Waals surface area (Å²) in [6, 6.07) is 15.1. The summed E-state index contributed by atoms with van der Waals surface area (Å²) >= 11 is 10.8. The molecule has 2 aromatic heterocycles. The van der Waals surface area contributed by atoms with Gasteiger partial charge in [0.05, 0.1) is 0 Å². The van der Waals surface area contributed by atoms with E-state index in [0.29, 0.717) is 17.5 Å². The van der Waals surface area contributed by atoms with E-state index in [1.165, 1.54) is 11.3 Å². The third kappa shape index (κ3) is 3.15. The van der Waals surface area contributed by atoms with Crippen LogP contribution in [0.15, 0.2) is 53.0 Å². The molecule has 0 N–H and O–H groups in total. The number of nitrogens with zero attached hydrogens (tertiary/aromatic N) is 4. The van der Waals surface area contributed by atoms with Crippen LogP contribution in [0.2, 0.25) is 5.02 Å². The maximum Gasteiger partial charge on any atom is 0.235 e. The van der Waals surface area contributed by atoms with Crippen LogP contribution in [-0.4, -0.2) is 19.8 Å². The lowest BCUT2D eigenvalue weighted by Crippen LogP contribution is -1.97. The van der Waals surface area contributed by atoms with Gasteiger partial charge in [-0.15, -0.1) is 10.2 Å². The quantitative estimate of drug-likeness (QED) is 0.473. The molecule has 0 aliphatic heterocycles. The molecule has 4 rings (SSSR count). The SMILES string of the molecule is Clc1ccc(-c2nnc3sc(COc4ccc(Br)cc4)nn23)cc1. The first-order valence-corrected chi connectivity index (χ1v) is 9.03. The van der Waals surface area contributed by atoms with Gasteiger partial charge in [-0.25, -0.2) is 0 Å². The highest BCUT2D eigenvalue weighted by atomic mass is 79.9. The zero-order valence-corrected chi connectivity index (χ0v) is 15.3. The Morgan fingerprint density at radius 2 is 1.79 bits per heavy atom. The van der Waals surface area contributed by atoms with Crippen molar-refractivity contribution in [2.75, 3.05) is 0 Å². The van der Waals surface area contributed by atoms with Crippen molar-refractivity contribution in [3.05, 3.63) is 63.0 Å². The van der Waals surface area contributed by atoms with Crippen LogP contribution in [-0.2, 0) is 6.61 Å². The molecule has 2 aromatic carbocycles. The Kier molecular flexibility index (Phi) is 4.22. The standard InChI is InChI=1S/C16H10BrClN4OS/c17-11-3-7-13(8-4-11)23-9-14-21-22-15(19-20-16(22)24-14)10-1-5-12(18)6-2-10/h1-8H,9H2. The minimum absolute atomic E-state index is 0.385. The summed E-state index contributed by atoms with van der Waals surface area (Å²) in [6.45, 7) is 0.385. The van der Waals surface area contributed by atoms with Gasteiger partial charge in [0.1, 0.15) is 12.4 Å². The third-order valence-electron chi connectivity index (χ3n) is 3.31. The summed E-state index contributed by atoms with van der Waals surface area (Å²) in [5.74, 6) is 1.48. The van der Waals surface area contributed by atoms with Crippen molar-refractivity contribution in [1.29, 1.82) is 0 Å². The molecule has 0 aliphatic rings. The number of benzene rings is 2. The first-order chi connectivity index (χ1) is 11.7. The first-order valence-electron chi connectivity index (χ1n) is 7.04. The highest BCUT2D eigenvalue weighted by Crippen LogP contribution is 2.24. The van der Waals surface area contributed by atoms with Gasteiger partial charge in [-0.05, 0) is 48.5 Å². The molecule has 0 bridgehead atoms. The normalized spacial score (nSPS) is 11.1. The van der Waals surface area contributed by atoms with Gasteiger partial charge >= 0.3 is 0 Å². The van der Waals surface area contributed by atoms with Crippen LogP contribution in [0.1, 0.15) is 5.01 Å². The third-order valence-corrected chi connectivity index (χ3v) is 4.96. The fraction of sp³-hybridized carbons (Fsp3) is 0.0625. The Morgan fingerprint density at radius 3 is 2.54 bits per heavy atom. The van der Waals surface area contributed by atoms with Crippen molar-refractivity contribution in [2.45, 2.75) is 6.61 Å². The second-order valence-electron chi connectivity index (χ2n) is 4.96. The molecule has 0 amide bonds. The van der Waals surface area contributed by atoms with E-state index in [-0.39, 0.29) is 0 Å². The molecule has 0 radical (unpaired) electrons. The molecule has 0 atom stereocenters. The number of halogens is 2. The largest absolute Gasteiger partial charge is 0.486 e. The van der Waals surface area contributed by atoms with Gasteiger partial charge in [0.25, 0.3) is 0 Å². The monoisotopic (exact) mass is 420 g/mol. The summed E-state index contributed by atoms with van der Waals surface area (Å²) in [5.41, 5.74) is 0.914. The zero-order chi connectivity index (χ0) is 16.5. The van der Waals surface area contributed by atoms with Crippen LogP contribution in [0.4, 0.5) is 0 Å². The summed E-state index contributed by atoms with van der Waals surface area (Å²) in [4.78, 5) is 0.731. The second-order valence-corrected chi connectivity index (χ2v) is 7.36. The van der Waals surface area contributed by atoms with E-state index in [2.05, 4.69) is 31.2 Å². The van der Waals surface area contributed by atoms with Gasteiger partial charge in [0.2, 0.25) is 4.96 Å². The van der Waals surface area contributed by atoms with Crippen molar-refractivity contribution in [1.82, 2.24) is 19.8 Å². The van der Waals surface area contributed by atoms with Crippen LogP contribution in [0.25, 0.3) is 16.3 Å². The highest BCUT2D eigenvalue weighted by molar-refractivity contribution is 9.10. The fourth-order valence-corrected chi connectivity index (χ4v) is 3.31. The molecule has 0 fully saturated rings. The van der Waals surface area contributed by atoms with E-state index in [9.17, 15) is 0 Å². The Balaban J connectivity index is 1.57. The number of rotatable bonds is 4. The van der Waals surface area contributed by atoms with Gasteiger partial charge in [-0.2, -0.15) is 9.61 Å². The summed E-state index contributed by atoms with van der Waals surface area (Å²) in [7, 11) is 0. The number of hydrogen-bond donors (Lipinski definition) is 0. The molecule has 0 aliphatic carbocycles. The predicted octanol–water partition coefficient (Wildman–Crippen LogP) is 4.85. The summed E-state index contributed by atoms with van der Waals surface area (Å²) < 4.78 is 8.50. The Morgan fingerprint density at radius 1 is 1.04 bits per heavy atom. The molecule has 24 heavy (non-hydrogen) atoms. The lowest BCUT2D eigenvalue weighted by atomic mass is 10.2. The lowest BCUT2D eigenvalue weighted by Gasteiger charge is -2.03. The van der Waals surface area contributed by atoms with Crippen molar-refractivity contribution in [3.63, 3.8) is 0 Å². The van der Waals surface area contributed by atoms with Gasteiger partial charge < -0.3 is 4.74 Å². The molecule has 4 aromatic rings. The number of fused-ring (bicyclic) bond motifs is 1. The molecule has 8 heteroatoms. The minimum atomic E-state index is 0.385. The van der Waals surface area contributed by atoms with E-state index < -0.39 is 0 Å². The molecule has 0 saturated carbocycles. The van der Waals surface area contributed by atoms with Gasteiger partial charge in [0, 0.05) is 15.1 Å². The van der Waals surface area contributed by atoms with Gasteiger partial charge in [0.15, 0.2) is 10.8 Å². The number of hydrogen-bond acceptors (Lipinski definition) is 5. The Bertz CT molecular complexity index is 982. The van der Waals surface area contributed by atoms with Crippen LogP contribution in [0, 0.1) is 0 Å². The molecule has 5 nitrogen and oxygen atoms in total. The topological polar surface area (TPSA) is 52.3 Å². The Hall–Kier alpha value is -1.96. The van der Waals surface area contributed by atoms with E-state index in [1.54, 1.807) is 4.52 Å². The average Bonchev–Trinajstić information content (AvgIpc) is 3.15. The number of ether oxygens (including phenoxy) is 1. The molecule has 0 spiro atoms. The van der Waals surface area contributed by atoms with Crippen molar-refractivity contribution >= 4 is 43.8 Å². The van der Waals surface area contributed by atoms with Gasteiger partial charge in [-0.1, -0.05) is 38.9 Å². The summed E-state index contributed by atoms with van der Waals surface area (Å²) in [5, 5.41) is 14.4. The molecule has 120 valence electrons. The summed E-state index contributed by atoms with van der Waals surface area (Å²) in [6.07, 6.45) is 0. The molecular formula is C16H10BrClN4OS. The van der Waals surface area contributed by atoms with E-state index in [0.717, 1.165) is 25.8 Å². The predicted molar refractivity (Wildman–Crippen MR) is 97.6 cm³/mol. The molecule has 0 saturated heterocycles. The van der Waals surface area contributed by atoms with Crippen LogP contribution >= 0.6 is 38.9 Å². The second kappa shape index (κ2) is 6.51. The minimum Gasteiger partial charge on any atom is -0.486 e. The fourth-order valence-electron chi connectivity index (χ4n) is 2.17. The van der Waals surface area contributed by atoms with Crippen LogP contribution < -0.4 is 4.74 Å². The first kappa shape index (κ1) is 15.6. The van der Waals surface area contributed by atoms with E-state index in [4.69, 9.17) is 16.3 Å². The molecule has 0 unspecified atom stereocenters. The maximum atomic E-state index is 5.93. The van der Waals surface area contributed by atoms with Crippen molar-refractivity contribution in [3.8, 4) is 17.1 Å². The van der Waals surface area contributed by atoms with Crippen LogP contribution in [0.3, 0.4) is 0 Å². The van der Waals surface area contributed by atoms with Crippen molar-refractivity contribution < 1.29 is 4.74 Å². The van der Waals surface area contributed by atoms with E-state index in [1.807, 2.05) is 48.5 Å². The Labute approximate surface area is 155 Å². The van der Waals surface area contributed by atoms with E-state index >= 15 is 0 Å². The average molecular weight is 422 g/mol. The maximum absolute atomic E-state index is 5.93. The van der Waals surface area contributed by atoms with Crippen molar-refractivity contribution in [2.24, 2.45) is 0 Å². The lowest BCUT2D eigenvalue weighted by molar-refractivity contribution is 0.304. The van der Waals surface area contributed by atoms with Crippen LogP contribution in [0.5, 0.6) is 5.75 Å². The smallest absolute Gasteiger partial charge is 0.235 e. The number of aromatic nitrogens is 4.